The molecule has 6 heteroatoms. The Morgan fingerprint density at radius 2 is 2.28 bits per heavy atom. The second-order valence-corrected chi connectivity index (χ2v) is 4.62. The lowest BCUT2D eigenvalue weighted by atomic mass is 10.1. The van der Waals surface area contributed by atoms with E-state index in [4.69, 9.17) is 15.6 Å². The van der Waals surface area contributed by atoms with Crippen LogP contribution in [-0.2, 0) is 14.3 Å². The fraction of sp³-hybridized carbons (Fsp3) is 0.833. The molecule has 18 heavy (non-hydrogen) atoms. The van der Waals surface area contributed by atoms with Crippen LogP contribution in [0.4, 0.5) is 0 Å². The van der Waals surface area contributed by atoms with Crippen molar-refractivity contribution >= 4 is 11.9 Å². The molecule has 1 amide bonds. The van der Waals surface area contributed by atoms with Crippen LogP contribution in [0.25, 0.3) is 0 Å². The first kappa shape index (κ1) is 14.9. The van der Waals surface area contributed by atoms with E-state index in [9.17, 15) is 9.59 Å². The highest BCUT2D eigenvalue weighted by Gasteiger charge is 2.28. The lowest BCUT2D eigenvalue weighted by molar-refractivity contribution is -0.143. The van der Waals surface area contributed by atoms with E-state index in [1.54, 1.807) is 4.90 Å². The summed E-state index contributed by atoms with van der Waals surface area (Å²) in [5, 5.41) is 8.62. The molecule has 3 N–H and O–H groups in total. The van der Waals surface area contributed by atoms with Gasteiger partial charge in [-0.15, -0.1) is 0 Å². The van der Waals surface area contributed by atoms with E-state index in [-0.39, 0.29) is 18.4 Å². The minimum absolute atomic E-state index is 0.0553. The maximum atomic E-state index is 11.9. The molecule has 1 aliphatic heterocycles. The minimum atomic E-state index is -1.05. The lowest BCUT2D eigenvalue weighted by Gasteiger charge is -2.33. The van der Waals surface area contributed by atoms with E-state index >= 15 is 0 Å². The molecule has 0 aromatic carbocycles. The van der Waals surface area contributed by atoms with Crippen molar-refractivity contribution in [3.05, 3.63) is 0 Å². The van der Waals surface area contributed by atoms with Gasteiger partial charge in [0.25, 0.3) is 0 Å². The third kappa shape index (κ3) is 4.62. The first-order chi connectivity index (χ1) is 8.54. The van der Waals surface area contributed by atoms with Crippen LogP contribution in [0.1, 0.15) is 32.6 Å². The van der Waals surface area contributed by atoms with Gasteiger partial charge in [-0.3, -0.25) is 9.59 Å². The van der Waals surface area contributed by atoms with Crippen molar-refractivity contribution in [3.63, 3.8) is 0 Å². The number of carboxylic acid groups (broad SMARTS) is 1. The number of amides is 1. The molecule has 104 valence electrons. The highest BCUT2D eigenvalue weighted by Crippen LogP contribution is 2.14. The molecule has 0 saturated carbocycles. The molecule has 0 radical (unpaired) electrons. The summed E-state index contributed by atoms with van der Waals surface area (Å²) in [5.41, 5.74) is 5.58. The quantitative estimate of drug-likeness (QED) is 0.710. The normalized spacial score (nSPS) is 21.7. The Hall–Kier alpha value is -1.14. The van der Waals surface area contributed by atoms with Crippen LogP contribution in [0.2, 0.25) is 0 Å². The Bertz CT molecular complexity index is 296. The molecule has 1 saturated heterocycles. The summed E-state index contributed by atoms with van der Waals surface area (Å²) < 4.78 is 5.62. The smallest absolute Gasteiger partial charge is 0.305 e. The Labute approximate surface area is 107 Å². The maximum absolute atomic E-state index is 11.9. The SMILES string of the molecule is CCCOC1CCCN(C(=O)C(N)CC(=O)O)C1. The van der Waals surface area contributed by atoms with Gasteiger partial charge in [-0.2, -0.15) is 0 Å². The predicted octanol–water partition coefficient (Wildman–Crippen LogP) is 0.206. The molecule has 2 unspecified atom stereocenters. The van der Waals surface area contributed by atoms with Crippen molar-refractivity contribution in [2.75, 3.05) is 19.7 Å². The van der Waals surface area contributed by atoms with Crippen molar-refractivity contribution in [2.45, 2.75) is 44.8 Å². The van der Waals surface area contributed by atoms with Gasteiger partial charge in [-0.05, 0) is 19.3 Å². The second kappa shape index (κ2) is 7.33. The van der Waals surface area contributed by atoms with E-state index in [2.05, 4.69) is 0 Å². The van der Waals surface area contributed by atoms with Crippen molar-refractivity contribution in [3.8, 4) is 0 Å². The Morgan fingerprint density at radius 3 is 2.89 bits per heavy atom. The molecular weight excluding hydrogens is 236 g/mol. The van der Waals surface area contributed by atoms with Gasteiger partial charge in [-0.1, -0.05) is 6.92 Å². The highest BCUT2D eigenvalue weighted by atomic mass is 16.5. The number of carboxylic acids is 1. The molecule has 1 rings (SSSR count). The van der Waals surface area contributed by atoms with Crippen LogP contribution >= 0.6 is 0 Å². The van der Waals surface area contributed by atoms with E-state index in [0.717, 1.165) is 19.3 Å². The van der Waals surface area contributed by atoms with Gasteiger partial charge < -0.3 is 20.5 Å². The van der Waals surface area contributed by atoms with Crippen LogP contribution in [-0.4, -0.2) is 53.7 Å². The molecule has 0 aromatic heterocycles. The van der Waals surface area contributed by atoms with Gasteiger partial charge in [0, 0.05) is 19.7 Å². The van der Waals surface area contributed by atoms with Gasteiger partial charge >= 0.3 is 5.97 Å². The van der Waals surface area contributed by atoms with Crippen LogP contribution in [0, 0.1) is 0 Å². The number of ether oxygens (including phenoxy) is 1. The highest BCUT2D eigenvalue weighted by molar-refractivity contribution is 5.86. The zero-order valence-electron chi connectivity index (χ0n) is 10.8. The summed E-state index contributed by atoms with van der Waals surface area (Å²) in [5.74, 6) is -1.34. The molecule has 0 bridgehead atoms. The number of aliphatic carboxylic acids is 1. The largest absolute Gasteiger partial charge is 0.481 e. The lowest BCUT2D eigenvalue weighted by Crippen LogP contribution is -2.50. The van der Waals surface area contributed by atoms with Crippen LogP contribution in [0.5, 0.6) is 0 Å². The molecule has 0 aromatic rings. The molecule has 2 atom stereocenters. The summed E-state index contributed by atoms with van der Waals surface area (Å²) in [6.07, 6.45) is 2.50. The predicted molar refractivity (Wildman–Crippen MR) is 66.1 cm³/mol. The first-order valence-electron chi connectivity index (χ1n) is 6.42. The van der Waals surface area contributed by atoms with Gasteiger partial charge in [0.2, 0.25) is 5.91 Å². The van der Waals surface area contributed by atoms with Gasteiger partial charge in [0.05, 0.1) is 18.6 Å². The average Bonchev–Trinajstić information content (AvgIpc) is 2.35. The number of nitrogens with zero attached hydrogens (tertiary/aromatic N) is 1. The summed E-state index contributed by atoms with van der Waals surface area (Å²) >= 11 is 0. The number of piperidine rings is 1. The summed E-state index contributed by atoms with van der Waals surface area (Å²) in [7, 11) is 0. The summed E-state index contributed by atoms with van der Waals surface area (Å²) in [6.45, 7) is 3.88. The van der Waals surface area contributed by atoms with E-state index < -0.39 is 12.0 Å². The van der Waals surface area contributed by atoms with Crippen LogP contribution < -0.4 is 5.73 Å². The monoisotopic (exact) mass is 258 g/mol. The number of rotatable bonds is 6. The Balaban J connectivity index is 2.44. The fourth-order valence-corrected chi connectivity index (χ4v) is 2.07. The maximum Gasteiger partial charge on any atom is 0.305 e. The van der Waals surface area contributed by atoms with Gasteiger partial charge in [0.1, 0.15) is 0 Å². The Morgan fingerprint density at radius 1 is 1.56 bits per heavy atom. The van der Waals surface area contributed by atoms with Gasteiger partial charge in [0.15, 0.2) is 0 Å². The first-order valence-corrected chi connectivity index (χ1v) is 6.42. The molecular formula is C12H22N2O4. The van der Waals surface area contributed by atoms with E-state index in [1.165, 1.54) is 0 Å². The summed E-state index contributed by atoms with van der Waals surface area (Å²) in [6, 6.07) is -0.951. The standard InChI is InChI=1S/C12H22N2O4/c1-2-6-18-9-4-3-5-14(8-9)12(17)10(13)7-11(15)16/h9-10H,2-8,13H2,1H3,(H,15,16). The molecule has 1 aliphatic rings. The topological polar surface area (TPSA) is 92.9 Å². The number of hydrogen-bond acceptors (Lipinski definition) is 4. The van der Waals surface area contributed by atoms with Crippen molar-refractivity contribution in [1.82, 2.24) is 4.90 Å². The zero-order valence-corrected chi connectivity index (χ0v) is 10.8. The summed E-state index contributed by atoms with van der Waals surface area (Å²) in [4.78, 5) is 24.1. The molecule has 1 fully saturated rings. The minimum Gasteiger partial charge on any atom is -0.481 e. The molecule has 1 heterocycles. The van der Waals surface area contributed by atoms with E-state index in [0.29, 0.717) is 19.7 Å². The average molecular weight is 258 g/mol. The molecule has 0 spiro atoms. The van der Waals surface area contributed by atoms with Crippen molar-refractivity contribution in [2.24, 2.45) is 5.73 Å². The third-order valence-electron chi connectivity index (χ3n) is 2.96. The number of hydrogen-bond donors (Lipinski definition) is 2. The molecule has 6 nitrogen and oxygen atoms in total. The van der Waals surface area contributed by atoms with Crippen LogP contribution in [0.15, 0.2) is 0 Å². The van der Waals surface area contributed by atoms with Crippen LogP contribution in [0.3, 0.4) is 0 Å². The number of nitrogens with two attached hydrogens (primary N) is 1. The van der Waals surface area contributed by atoms with Gasteiger partial charge in [-0.25, -0.2) is 0 Å². The van der Waals surface area contributed by atoms with E-state index in [1.807, 2.05) is 6.92 Å². The van der Waals surface area contributed by atoms with Crippen molar-refractivity contribution < 1.29 is 19.4 Å². The van der Waals surface area contributed by atoms with Crippen molar-refractivity contribution in [1.29, 1.82) is 0 Å². The third-order valence-corrected chi connectivity index (χ3v) is 2.96. The second-order valence-electron chi connectivity index (χ2n) is 4.62. The Kier molecular flexibility index (Phi) is 6.07. The number of carbonyl (C=O) groups is 2. The number of likely N-dealkylation sites (tertiary alicyclic amines) is 1. The zero-order chi connectivity index (χ0) is 13.5. The number of carbonyl (C=O) groups excluding carboxylic acids is 1. The molecule has 0 aliphatic carbocycles. The fourth-order valence-electron chi connectivity index (χ4n) is 2.07.